The Hall–Kier alpha value is -2.34. The molecule has 0 nitrogen and oxygen atoms in total. The van der Waals surface area contributed by atoms with Gasteiger partial charge in [0.15, 0.2) is 0 Å². The van der Waals surface area contributed by atoms with E-state index in [1.807, 2.05) is 0 Å². The molecule has 0 spiro atoms. The Bertz CT molecular complexity index is 890. The van der Waals surface area contributed by atoms with Gasteiger partial charge in [-0.05, 0) is 69.9 Å². The van der Waals surface area contributed by atoms with Gasteiger partial charge >= 0.3 is 0 Å². The first kappa shape index (κ1) is 22.3. The van der Waals surface area contributed by atoms with Gasteiger partial charge in [-0.3, -0.25) is 0 Å². The van der Waals surface area contributed by atoms with Crippen molar-refractivity contribution in [3.8, 4) is 22.3 Å². The van der Waals surface area contributed by atoms with E-state index in [4.69, 9.17) is 0 Å². The van der Waals surface area contributed by atoms with Gasteiger partial charge in [-0.1, -0.05) is 114 Å². The molecule has 30 heavy (non-hydrogen) atoms. The first-order valence-corrected chi connectivity index (χ1v) is 11.7. The third kappa shape index (κ3) is 4.24. The Labute approximate surface area is 184 Å². The van der Waals surface area contributed by atoms with E-state index in [9.17, 15) is 0 Å². The van der Waals surface area contributed by atoms with Gasteiger partial charge in [0, 0.05) is 0 Å². The van der Waals surface area contributed by atoms with E-state index in [2.05, 4.69) is 114 Å². The van der Waals surface area contributed by atoms with Crippen molar-refractivity contribution in [1.29, 1.82) is 0 Å². The monoisotopic (exact) mass is 398 g/mol. The largest absolute Gasteiger partial charge is 0.0645 e. The summed E-state index contributed by atoms with van der Waals surface area (Å²) < 4.78 is 0. The van der Waals surface area contributed by atoms with Crippen molar-refractivity contribution < 1.29 is 0 Å². The van der Waals surface area contributed by atoms with Crippen molar-refractivity contribution in [2.45, 2.75) is 78.1 Å². The molecule has 0 saturated carbocycles. The average Bonchev–Trinajstić information content (AvgIpc) is 2.83. The maximum Gasteiger partial charge on any atom is -0.00803 e. The van der Waals surface area contributed by atoms with Crippen LogP contribution in [0, 0.1) is 0 Å². The van der Waals surface area contributed by atoms with Crippen LogP contribution in [0.2, 0.25) is 0 Å². The molecule has 0 aliphatic heterocycles. The number of benzene rings is 3. The molecule has 0 aromatic heterocycles. The van der Waals surface area contributed by atoms with E-state index in [1.54, 1.807) is 0 Å². The van der Waals surface area contributed by atoms with Crippen LogP contribution < -0.4 is 0 Å². The Kier molecular flexibility index (Phi) is 6.86. The fourth-order valence-corrected chi connectivity index (χ4v) is 4.43. The predicted octanol–water partition coefficient (Wildman–Crippen LogP) is 9.18. The van der Waals surface area contributed by atoms with Gasteiger partial charge < -0.3 is 0 Å². The molecular weight excluding hydrogens is 360 g/mol. The molecule has 0 heteroatoms. The Morgan fingerprint density at radius 3 is 1.20 bits per heavy atom. The zero-order valence-corrected chi connectivity index (χ0v) is 19.8. The molecule has 0 amide bonds. The molecule has 0 N–H and O–H groups in total. The third-order valence-electron chi connectivity index (χ3n) is 7.79. The highest BCUT2D eigenvalue weighted by molar-refractivity contribution is 5.84. The molecule has 0 saturated heterocycles. The summed E-state index contributed by atoms with van der Waals surface area (Å²) in [7, 11) is 0. The summed E-state index contributed by atoms with van der Waals surface area (Å²) in [6, 6.07) is 27.3. The quantitative estimate of drug-likeness (QED) is 0.355. The summed E-state index contributed by atoms with van der Waals surface area (Å²) in [5, 5.41) is 0. The minimum Gasteiger partial charge on any atom is -0.0645 e. The Balaban J connectivity index is 2.12. The fourth-order valence-electron chi connectivity index (χ4n) is 4.43. The molecule has 0 aliphatic carbocycles. The highest BCUT2D eigenvalue weighted by Gasteiger charge is 2.24. The van der Waals surface area contributed by atoms with Crippen LogP contribution in [0.25, 0.3) is 22.3 Å². The molecule has 3 rings (SSSR count). The van der Waals surface area contributed by atoms with Crippen LogP contribution in [0.4, 0.5) is 0 Å². The van der Waals surface area contributed by atoms with Crippen LogP contribution in [0.3, 0.4) is 0 Å². The second-order valence-electron chi connectivity index (χ2n) is 9.24. The summed E-state index contributed by atoms with van der Waals surface area (Å²) in [6.07, 6.45) is 4.62. The number of hydrogen-bond acceptors (Lipinski definition) is 0. The van der Waals surface area contributed by atoms with Crippen molar-refractivity contribution in [3.63, 3.8) is 0 Å². The zero-order valence-electron chi connectivity index (χ0n) is 19.8. The molecule has 0 atom stereocenters. The molecule has 158 valence electrons. The minimum atomic E-state index is 0.231. The molecular formula is C30H38. The van der Waals surface area contributed by atoms with E-state index in [0.717, 1.165) is 25.7 Å². The number of rotatable bonds is 8. The third-order valence-corrected chi connectivity index (χ3v) is 7.79. The van der Waals surface area contributed by atoms with E-state index >= 15 is 0 Å². The minimum absolute atomic E-state index is 0.231. The fraction of sp³-hybridized carbons (Fsp3) is 0.400. The van der Waals surface area contributed by atoms with Gasteiger partial charge in [0.05, 0.1) is 0 Å². The lowest BCUT2D eigenvalue weighted by Crippen LogP contribution is -2.19. The van der Waals surface area contributed by atoms with Crippen LogP contribution in [0.1, 0.15) is 78.4 Å². The second-order valence-corrected chi connectivity index (χ2v) is 9.24. The SMILES string of the molecule is CCC(C)(CC)c1cccc(-c2ccccc2-c2cccc(C(C)(CC)CC)c2)c1. The highest BCUT2D eigenvalue weighted by atomic mass is 14.3. The van der Waals surface area contributed by atoms with E-state index in [1.165, 1.54) is 33.4 Å². The van der Waals surface area contributed by atoms with Gasteiger partial charge in [-0.15, -0.1) is 0 Å². The molecule has 0 heterocycles. The van der Waals surface area contributed by atoms with Crippen molar-refractivity contribution in [3.05, 3.63) is 83.9 Å². The van der Waals surface area contributed by atoms with Gasteiger partial charge in [-0.2, -0.15) is 0 Å². The molecule has 0 aliphatic rings. The van der Waals surface area contributed by atoms with Crippen molar-refractivity contribution in [1.82, 2.24) is 0 Å². The first-order chi connectivity index (χ1) is 14.4. The summed E-state index contributed by atoms with van der Waals surface area (Å²) in [5.41, 5.74) is 8.62. The van der Waals surface area contributed by atoms with Crippen molar-refractivity contribution >= 4 is 0 Å². The summed E-state index contributed by atoms with van der Waals surface area (Å²) >= 11 is 0. The smallest absolute Gasteiger partial charge is 0.00803 e. The molecule has 0 unspecified atom stereocenters. The van der Waals surface area contributed by atoms with Gasteiger partial charge in [0.1, 0.15) is 0 Å². The van der Waals surface area contributed by atoms with Crippen LogP contribution in [0.15, 0.2) is 72.8 Å². The Morgan fingerprint density at radius 2 is 0.867 bits per heavy atom. The second kappa shape index (κ2) is 9.21. The van der Waals surface area contributed by atoms with Crippen molar-refractivity contribution in [2.75, 3.05) is 0 Å². The molecule has 3 aromatic carbocycles. The lowest BCUT2D eigenvalue weighted by molar-refractivity contribution is 0.439. The topological polar surface area (TPSA) is 0 Å². The van der Waals surface area contributed by atoms with E-state index in [0.29, 0.717) is 0 Å². The highest BCUT2D eigenvalue weighted by Crippen LogP contribution is 2.38. The summed E-state index contributed by atoms with van der Waals surface area (Å²) in [5.74, 6) is 0. The zero-order chi connectivity index (χ0) is 21.8. The lowest BCUT2D eigenvalue weighted by Gasteiger charge is -2.28. The van der Waals surface area contributed by atoms with Gasteiger partial charge in [0.2, 0.25) is 0 Å². The van der Waals surface area contributed by atoms with Crippen molar-refractivity contribution in [2.24, 2.45) is 0 Å². The van der Waals surface area contributed by atoms with Gasteiger partial charge in [-0.25, -0.2) is 0 Å². The van der Waals surface area contributed by atoms with Crippen LogP contribution in [0.5, 0.6) is 0 Å². The predicted molar refractivity (Wildman–Crippen MR) is 133 cm³/mol. The average molecular weight is 399 g/mol. The summed E-state index contributed by atoms with van der Waals surface area (Å²) in [4.78, 5) is 0. The van der Waals surface area contributed by atoms with E-state index < -0.39 is 0 Å². The number of hydrogen-bond donors (Lipinski definition) is 0. The standard InChI is InChI=1S/C30H38/c1-7-29(5,8-2)25-17-13-15-23(21-25)27-19-11-12-20-28(27)24-16-14-18-26(22-24)30(6,9-3)10-4/h11-22H,7-10H2,1-6H3. The molecule has 3 aromatic rings. The molecule has 0 bridgehead atoms. The molecule has 0 radical (unpaired) electrons. The summed E-state index contributed by atoms with van der Waals surface area (Å²) in [6.45, 7) is 14.0. The maximum atomic E-state index is 2.41. The van der Waals surface area contributed by atoms with Gasteiger partial charge in [0.25, 0.3) is 0 Å². The lowest BCUT2D eigenvalue weighted by atomic mass is 9.76. The maximum absolute atomic E-state index is 2.41. The molecule has 0 fully saturated rings. The van der Waals surface area contributed by atoms with Crippen LogP contribution >= 0.6 is 0 Å². The normalized spacial score (nSPS) is 12.2. The van der Waals surface area contributed by atoms with Crippen LogP contribution in [-0.2, 0) is 10.8 Å². The first-order valence-electron chi connectivity index (χ1n) is 11.7. The van der Waals surface area contributed by atoms with Crippen LogP contribution in [-0.4, -0.2) is 0 Å². The van der Waals surface area contributed by atoms with E-state index in [-0.39, 0.29) is 10.8 Å². The Morgan fingerprint density at radius 1 is 0.500 bits per heavy atom.